The smallest absolute Gasteiger partial charge is 0.266 e. The molecule has 0 aliphatic heterocycles. The molecule has 0 spiro atoms. The van der Waals surface area contributed by atoms with Crippen molar-refractivity contribution in [2.75, 3.05) is 0 Å². The van der Waals surface area contributed by atoms with E-state index in [1.807, 2.05) is 13.0 Å². The highest BCUT2D eigenvalue weighted by molar-refractivity contribution is 7.12. The molecule has 2 heterocycles. The summed E-state index contributed by atoms with van der Waals surface area (Å²) in [4.78, 5) is 20.1. The van der Waals surface area contributed by atoms with Crippen LogP contribution in [-0.4, -0.2) is 9.97 Å². The lowest BCUT2D eigenvalue weighted by atomic mass is 9.97. The van der Waals surface area contributed by atoms with E-state index < -0.39 is 0 Å². The third-order valence-electron chi connectivity index (χ3n) is 2.90. The molecule has 0 saturated heterocycles. The van der Waals surface area contributed by atoms with Crippen LogP contribution in [0.25, 0.3) is 11.3 Å². The zero-order chi connectivity index (χ0) is 12.0. The number of hydrogen-bond donors (Lipinski definition) is 1. The van der Waals surface area contributed by atoms with E-state index in [0.717, 1.165) is 34.8 Å². The first kappa shape index (κ1) is 10.2. The van der Waals surface area contributed by atoms with Crippen LogP contribution in [0.15, 0.2) is 10.9 Å². The predicted octanol–water partition coefficient (Wildman–Crippen LogP) is 1.78. The van der Waals surface area contributed by atoms with E-state index in [1.165, 1.54) is 4.88 Å². The second-order valence-corrected chi connectivity index (χ2v) is 5.31. The Morgan fingerprint density at radius 1 is 1.53 bits per heavy atom. The Kier molecular flexibility index (Phi) is 2.13. The van der Waals surface area contributed by atoms with Gasteiger partial charge in [0.25, 0.3) is 5.56 Å². The van der Waals surface area contributed by atoms with Crippen molar-refractivity contribution in [1.82, 2.24) is 9.97 Å². The van der Waals surface area contributed by atoms with E-state index in [2.05, 4.69) is 9.97 Å². The quantitative estimate of drug-likeness (QED) is 0.766. The average Bonchev–Trinajstić information content (AvgIpc) is 2.69. The fourth-order valence-corrected chi connectivity index (χ4v) is 3.10. The fourth-order valence-electron chi connectivity index (χ4n) is 2.15. The molecular weight excluding hydrogens is 234 g/mol. The number of rotatable bonds is 0. The Morgan fingerprint density at radius 3 is 3.12 bits per heavy atom. The number of thiazole rings is 1. The maximum atomic E-state index is 11.5. The van der Waals surface area contributed by atoms with Crippen molar-refractivity contribution in [3.05, 3.63) is 37.6 Å². The molecule has 0 radical (unpaired) electrons. The lowest BCUT2D eigenvalue weighted by Gasteiger charge is -2.14. The van der Waals surface area contributed by atoms with Crippen molar-refractivity contribution in [3.63, 3.8) is 0 Å². The second-order valence-electron chi connectivity index (χ2n) is 4.02. The number of pyridine rings is 1. The molecule has 4 nitrogen and oxygen atoms in total. The molecule has 1 aliphatic carbocycles. The van der Waals surface area contributed by atoms with Crippen LogP contribution in [0.4, 0.5) is 0 Å². The molecule has 2 aromatic heterocycles. The molecule has 1 N–H and O–H groups in total. The van der Waals surface area contributed by atoms with Gasteiger partial charge in [0.1, 0.15) is 11.6 Å². The topological polar surface area (TPSA) is 69.5 Å². The summed E-state index contributed by atoms with van der Waals surface area (Å²) in [6.45, 7) is 1.97. The number of nitrogens with one attached hydrogen (secondary N) is 1. The monoisotopic (exact) mass is 243 g/mol. The van der Waals surface area contributed by atoms with Gasteiger partial charge in [-0.05, 0) is 25.8 Å². The number of H-pyrrole nitrogens is 1. The predicted molar refractivity (Wildman–Crippen MR) is 65.0 cm³/mol. The largest absolute Gasteiger partial charge is 0.324 e. The standard InChI is InChI=1S/C12H9N3OS/c1-6-14-11-8-4-7(5-13)12(16)15-9(8)2-3-10(11)17-6/h4H,2-3H2,1H3,(H,15,16). The highest BCUT2D eigenvalue weighted by atomic mass is 32.1. The van der Waals surface area contributed by atoms with E-state index >= 15 is 0 Å². The third kappa shape index (κ3) is 1.49. The molecular formula is C12H9N3OS. The normalized spacial score (nSPS) is 12.7. The van der Waals surface area contributed by atoms with Gasteiger partial charge in [0.2, 0.25) is 0 Å². The van der Waals surface area contributed by atoms with E-state index in [0.29, 0.717) is 0 Å². The maximum absolute atomic E-state index is 11.5. The number of nitrogens with zero attached hydrogens (tertiary/aromatic N) is 2. The van der Waals surface area contributed by atoms with Crippen molar-refractivity contribution in [3.8, 4) is 17.3 Å². The molecule has 84 valence electrons. The van der Waals surface area contributed by atoms with Gasteiger partial charge in [-0.25, -0.2) is 4.98 Å². The van der Waals surface area contributed by atoms with Crippen LogP contribution in [0.2, 0.25) is 0 Å². The van der Waals surface area contributed by atoms with Gasteiger partial charge in [-0.15, -0.1) is 11.3 Å². The molecule has 0 bridgehead atoms. The van der Waals surface area contributed by atoms with Gasteiger partial charge in [-0.2, -0.15) is 5.26 Å². The Hall–Kier alpha value is -1.93. The van der Waals surface area contributed by atoms with Gasteiger partial charge in [0.15, 0.2) is 0 Å². The Morgan fingerprint density at radius 2 is 2.35 bits per heavy atom. The van der Waals surface area contributed by atoms with Crippen molar-refractivity contribution in [2.24, 2.45) is 0 Å². The number of nitriles is 1. The van der Waals surface area contributed by atoms with E-state index in [-0.39, 0.29) is 11.1 Å². The molecule has 0 amide bonds. The van der Waals surface area contributed by atoms with Crippen LogP contribution in [-0.2, 0) is 12.8 Å². The number of aromatic amines is 1. The van der Waals surface area contributed by atoms with Crippen molar-refractivity contribution >= 4 is 11.3 Å². The number of fused-ring (bicyclic) bond motifs is 3. The van der Waals surface area contributed by atoms with E-state index in [4.69, 9.17) is 5.26 Å². The van der Waals surface area contributed by atoms with Crippen LogP contribution in [0.3, 0.4) is 0 Å². The molecule has 0 atom stereocenters. The summed E-state index contributed by atoms with van der Waals surface area (Å²) in [5, 5.41) is 9.91. The Labute approximate surface area is 102 Å². The number of aromatic nitrogens is 2. The van der Waals surface area contributed by atoms with Gasteiger partial charge in [0.05, 0.1) is 10.7 Å². The molecule has 0 saturated carbocycles. The Balaban J connectivity index is 2.31. The minimum absolute atomic E-state index is 0.155. The molecule has 5 heteroatoms. The maximum Gasteiger partial charge on any atom is 0.266 e. The van der Waals surface area contributed by atoms with Gasteiger partial charge in [0, 0.05) is 16.1 Å². The second kappa shape index (κ2) is 3.54. The highest BCUT2D eigenvalue weighted by Crippen LogP contribution is 2.34. The number of hydrogen-bond acceptors (Lipinski definition) is 4. The van der Waals surface area contributed by atoms with Crippen LogP contribution in [0.1, 0.15) is 21.1 Å². The van der Waals surface area contributed by atoms with E-state index in [9.17, 15) is 4.79 Å². The highest BCUT2D eigenvalue weighted by Gasteiger charge is 2.21. The first-order valence-electron chi connectivity index (χ1n) is 5.32. The van der Waals surface area contributed by atoms with E-state index in [1.54, 1.807) is 17.4 Å². The van der Waals surface area contributed by atoms with Crippen molar-refractivity contribution in [1.29, 1.82) is 5.26 Å². The van der Waals surface area contributed by atoms with Gasteiger partial charge < -0.3 is 4.98 Å². The molecule has 1 aliphatic rings. The van der Waals surface area contributed by atoms with Gasteiger partial charge in [-0.3, -0.25) is 4.79 Å². The van der Waals surface area contributed by atoms with Crippen LogP contribution >= 0.6 is 11.3 Å². The molecule has 2 aromatic rings. The number of aryl methyl sites for hydroxylation is 3. The van der Waals surface area contributed by atoms with Crippen molar-refractivity contribution in [2.45, 2.75) is 19.8 Å². The molecule has 0 aromatic carbocycles. The Bertz CT molecular complexity index is 706. The summed E-state index contributed by atoms with van der Waals surface area (Å²) in [6.07, 6.45) is 1.72. The summed E-state index contributed by atoms with van der Waals surface area (Å²) in [7, 11) is 0. The first-order valence-corrected chi connectivity index (χ1v) is 6.13. The summed E-state index contributed by atoms with van der Waals surface area (Å²) in [5.74, 6) is 0. The summed E-state index contributed by atoms with van der Waals surface area (Å²) in [6, 6.07) is 3.57. The van der Waals surface area contributed by atoms with Gasteiger partial charge in [-0.1, -0.05) is 0 Å². The van der Waals surface area contributed by atoms with Crippen molar-refractivity contribution < 1.29 is 0 Å². The average molecular weight is 243 g/mol. The van der Waals surface area contributed by atoms with Crippen LogP contribution < -0.4 is 5.56 Å². The summed E-state index contributed by atoms with van der Waals surface area (Å²) in [5.41, 5.74) is 2.59. The molecule has 3 rings (SSSR count). The third-order valence-corrected chi connectivity index (χ3v) is 3.94. The minimum Gasteiger partial charge on any atom is -0.324 e. The lowest BCUT2D eigenvalue weighted by Crippen LogP contribution is -2.16. The SMILES string of the molecule is Cc1nc2c(s1)CCc1[nH]c(=O)c(C#N)cc1-2. The zero-order valence-electron chi connectivity index (χ0n) is 9.20. The van der Waals surface area contributed by atoms with Crippen LogP contribution in [0.5, 0.6) is 0 Å². The zero-order valence-corrected chi connectivity index (χ0v) is 10.0. The van der Waals surface area contributed by atoms with Crippen LogP contribution in [0, 0.1) is 18.3 Å². The molecule has 17 heavy (non-hydrogen) atoms. The summed E-state index contributed by atoms with van der Waals surface area (Å²) >= 11 is 1.69. The fraction of sp³-hybridized carbons (Fsp3) is 0.250. The molecule has 0 unspecified atom stereocenters. The lowest BCUT2D eigenvalue weighted by molar-refractivity contribution is 0.894. The summed E-state index contributed by atoms with van der Waals surface area (Å²) < 4.78 is 0. The first-order chi connectivity index (χ1) is 8.19. The molecule has 0 fully saturated rings. The minimum atomic E-state index is -0.304. The van der Waals surface area contributed by atoms with Gasteiger partial charge >= 0.3 is 0 Å².